The van der Waals surface area contributed by atoms with Gasteiger partial charge in [0.2, 0.25) is 0 Å². The molecule has 1 aliphatic heterocycles. The Morgan fingerprint density at radius 2 is 1.61 bits per heavy atom. The summed E-state index contributed by atoms with van der Waals surface area (Å²) < 4.78 is 0. The number of benzene rings is 2. The largest absolute Gasteiger partial charge is 0.508 e. The summed E-state index contributed by atoms with van der Waals surface area (Å²) in [6, 6.07) is 13.2. The van der Waals surface area contributed by atoms with Crippen molar-refractivity contribution in [3.8, 4) is 11.5 Å². The maximum absolute atomic E-state index is 10.6. The first-order chi connectivity index (χ1) is 13.5. The maximum atomic E-state index is 10.6. The second-order valence-corrected chi connectivity index (χ2v) is 8.60. The van der Waals surface area contributed by atoms with Crippen LogP contribution in [0.25, 0.3) is 0 Å². The molecule has 0 spiro atoms. The summed E-state index contributed by atoms with van der Waals surface area (Å²) in [6.45, 7) is 0. The topological polar surface area (TPSA) is 77.8 Å². The van der Waals surface area contributed by atoms with E-state index in [-0.39, 0.29) is 12.2 Å². The van der Waals surface area contributed by atoms with Crippen molar-refractivity contribution < 1.29 is 20.1 Å². The highest BCUT2D eigenvalue weighted by Crippen LogP contribution is 2.49. The van der Waals surface area contributed by atoms with Gasteiger partial charge in [0.25, 0.3) is 0 Å². The standard InChI is InChI=1S/C23H28O4S/c24-17-10-8-16(9-11-17)21-15-28-22-14-18(25)12-13-20(22)19(21)6-4-2-1-3-5-7-23(26)27/h8-14,19,21,24-25H,1-7,15H2,(H,26,27). The Balaban J connectivity index is 1.66. The molecule has 3 rings (SSSR count). The molecule has 2 unspecified atom stereocenters. The number of carboxylic acid groups (broad SMARTS) is 1. The third-order valence-electron chi connectivity index (χ3n) is 5.53. The van der Waals surface area contributed by atoms with E-state index in [1.54, 1.807) is 30.0 Å². The van der Waals surface area contributed by atoms with Crippen molar-refractivity contribution in [1.82, 2.24) is 0 Å². The lowest BCUT2D eigenvalue weighted by Gasteiger charge is -2.34. The molecule has 1 heterocycles. The van der Waals surface area contributed by atoms with Crippen LogP contribution in [0.4, 0.5) is 0 Å². The fraction of sp³-hybridized carbons (Fsp3) is 0.435. The quantitative estimate of drug-likeness (QED) is 0.458. The molecule has 0 fully saturated rings. The number of rotatable bonds is 9. The number of carboxylic acids is 1. The highest BCUT2D eigenvalue weighted by atomic mass is 32.2. The average Bonchev–Trinajstić information content (AvgIpc) is 2.67. The van der Waals surface area contributed by atoms with Gasteiger partial charge in [0.15, 0.2) is 0 Å². The molecule has 0 saturated carbocycles. The van der Waals surface area contributed by atoms with Gasteiger partial charge >= 0.3 is 5.97 Å². The molecular weight excluding hydrogens is 372 g/mol. The highest BCUT2D eigenvalue weighted by molar-refractivity contribution is 7.99. The number of hydrogen-bond acceptors (Lipinski definition) is 4. The molecule has 0 aromatic heterocycles. The fourth-order valence-corrected chi connectivity index (χ4v) is 5.42. The molecule has 28 heavy (non-hydrogen) atoms. The summed E-state index contributed by atoms with van der Waals surface area (Å²) in [5, 5.41) is 28.2. The van der Waals surface area contributed by atoms with Gasteiger partial charge in [0, 0.05) is 23.0 Å². The molecule has 2 atom stereocenters. The van der Waals surface area contributed by atoms with Gasteiger partial charge in [0.05, 0.1) is 0 Å². The number of aliphatic carboxylic acids is 1. The number of carbonyl (C=O) groups is 1. The lowest BCUT2D eigenvalue weighted by atomic mass is 9.79. The number of thioether (sulfide) groups is 1. The number of hydrogen-bond donors (Lipinski definition) is 3. The van der Waals surface area contributed by atoms with Gasteiger partial charge < -0.3 is 15.3 Å². The Kier molecular flexibility index (Phi) is 7.26. The third kappa shape index (κ3) is 5.44. The van der Waals surface area contributed by atoms with E-state index in [9.17, 15) is 15.0 Å². The predicted molar refractivity (Wildman–Crippen MR) is 112 cm³/mol. The van der Waals surface area contributed by atoms with E-state index >= 15 is 0 Å². The van der Waals surface area contributed by atoms with Crippen LogP contribution in [0.3, 0.4) is 0 Å². The summed E-state index contributed by atoms with van der Waals surface area (Å²) in [5.41, 5.74) is 2.55. The van der Waals surface area contributed by atoms with Gasteiger partial charge in [-0.1, -0.05) is 43.9 Å². The van der Waals surface area contributed by atoms with Crippen molar-refractivity contribution in [2.24, 2.45) is 0 Å². The minimum Gasteiger partial charge on any atom is -0.508 e. The molecule has 0 radical (unpaired) electrons. The smallest absolute Gasteiger partial charge is 0.303 e. The van der Waals surface area contributed by atoms with E-state index in [4.69, 9.17) is 5.11 Å². The van der Waals surface area contributed by atoms with Crippen LogP contribution in [0.15, 0.2) is 47.4 Å². The van der Waals surface area contributed by atoms with Gasteiger partial charge in [-0.25, -0.2) is 0 Å². The van der Waals surface area contributed by atoms with Crippen LogP contribution in [0.1, 0.15) is 67.9 Å². The number of phenols is 2. The first kappa shape index (κ1) is 20.6. The summed E-state index contributed by atoms with van der Waals surface area (Å²) >= 11 is 1.79. The summed E-state index contributed by atoms with van der Waals surface area (Å²) in [5.74, 6) is 1.62. The number of fused-ring (bicyclic) bond motifs is 1. The van der Waals surface area contributed by atoms with Crippen LogP contribution in [0.5, 0.6) is 11.5 Å². The zero-order chi connectivity index (χ0) is 19.9. The Morgan fingerprint density at radius 1 is 0.929 bits per heavy atom. The van der Waals surface area contributed by atoms with Crippen LogP contribution >= 0.6 is 11.8 Å². The molecule has 1 aliphatic rings. The molecule has 0 aliphatic carbocycles. The van der Waals surface area contributed by atoms with Gasteiger partial charge in [-0.05, 0) is 54.2 Å². The summed E-state index contributed by atoms with van der Waals surface area (Å²) in [7, 11) is 0. The third-order valence-corrected chi connectivity index (χ3v) is 6.72. The lowest BCUT2D eigenvalue weighted by molar-refractivity contribution is -0.137. The van der Waals surface area contributed by atoms with Gasteiger partial charge in [-0.15, -0.1) is 11.8 Å². The molecule has 0 bridgehead atoms. The van der Waals surface area contributed by atoms with Crippen molar-refractivity contribution in [3.63, 3.8) is 0 Å². The molecule has 3 N–H and O–H groups in total. The lowest BCUT2D eigenvalue weighted by Crippen LogP contribution is -2.19. The van der Waals surface area contributed by atoms with Gasteiger partial charge in [0.1, 0.15) is 11.5 Å². The second kappa shape index (κ2) is 9.87. The molecule has 0 amide bonds. The molecule has 2 aromatic carbocycles. The number of aromatic hydroxyl groups is 2. The van der Waals surface area contributed by atoms with Gasteiger partial charge in [-0.2, -0.15) is 0 Å². The van der Waals surface area contributed by atoms with E-state index in [0.29, 0.717) is 17.6 Å². The predicted octanol–water partition coefficient (Wildman–Crippen LogP) is 5.89. The molecule has 0 saturated heterocycles. The monoisotopic (exact) mass is 400 g/mol. The fourth-order valence-electron chi connectivity index (χ4n) is 4.04. The van der Waals surface area contributed by atoms with Crippen molar-refractivity contribution in [3.05, 3.63) is 53.6 Å². The Labute approximate surface area is 170 Å². The normalized spacial score (nSPS) is 18.6. The molecule has 4 nitrogen and oxygen atoms in total. The van der Waals surface area contributed by atoms with Crippen LogP contribution in [-0.4, -0.2) is 27.0 Å². The Hall–Kier alpha value is -2.14. The van der Waals surface area contributed by atoms with E-state index in [1.807, 2.05) is 18.2 Å². The number of unbranched alkanes of at least 4 members (excludes halogenated alkanes) is 4. The summed E-state index contributed by atoms with van der Waals surface area (Å²) in [6.07, 6.45) is 6.35. The van der Waals surface area contributed by atoms with Gasteiger partial charge in [-0.3, -0.25) is 4.79 Å². The van der Waals surface area contributed by atoms with E-state index in [1.165, 1.54) is 16.0 Å². The first-order valence-corrected chi connectivity index (χ1v) is 11.0. The van der Waals surface area contributed by atoms with Crippen molar-refractivity contribution in [2.45, 2.75) is 61.7 Å². The summed E-state index contributed by atoms with van der Waals surface area (Å²) in [4.78, 5) is 11.8. The molecular formula is C23H28O4S. The van der Waals surface area contributed by atoms with Crippen LogP contribution in [-0.2, 0) is 4.79 Å². The van der Waals surface area contributed by atoms with Crippen LogP contribution in [0.2, 0.25) is 0 Å². The second-order valence-electron chi connectivity index (χ2n) is 7.54. The SMILES string of the molecule is O=C(O)CCCCCCCC1c2ccc(O)cc2SCC1c1ccc(O)cc1. The number of phenolic OH excluding ortho intramolecular Hbond substituents is 2. The molecule has 2 aromatic rings. The zero-order valence-electron chi connectivity index (χ0n) is 16.0. The highest BCUT2D eigenvalue weighted by Gasteiger charge is 2.31. The maximum Gasteiger partial charge on any atom is 0.303 e. The minimum atomic E-state index is -0.712. The van der Waals surface area contributed by atoms with E-state index < -0.39 is 5.97 Å². The Morgan fingerprint density at radius 3 is 2.36 bits per heavy atom. The van der Waals surface area contributed by atoms with Crippen LogP contribution < -0.4 is 0 Å². The molecule has 5 heteroatoms. The van der Waals surface area contributed by atoms with E-state index in [2.05, 4.69) is 6.07 Å². The average molecular weight is 401 g/mol. The zero-order valence-corrected chi connectivity index (χ0v) is 16.8. The minimum absolute atomic E-state index is 0.264. The first-order valence-electron chi connectivity index (χ1n) is 10.0. The van der Waals surface area contributed by atoms with E-state index in [0.717, 1.165) is 44.3 Å². The van der Waals surface area contributed by atoms with Crippen molar-refractivity contribution >= 4 is 17.7 Å². The Bertz CT molecular complexity index is 788. The van der Waals surface area contributed by atoms with Crippen molar-refractivity contribution in [2.75, 3.05) is 5.75 Å². The van der Waals surface area contributed by atoms with Crippen LogP contribution in [0, 0.1) is 0 Å². The van der Waals surface area contributed by atoms with Crippen molar-refractivity contribution in [1.29, 1.82) is 0 Å². The molecule has 150 valence electrons.